The molecule has 1 aliphatic heterocycles. The maximum atomic E-state index is 13.8. The maximum Gasteiger partial charge on any atom is 0.252 e. The lowest BCUT2D eigenvalue weighted by molar-refractivity contribution is 0.0943. The summed E-state index contributed by atoms with van der Waals surface area (Å²) in [6.07, 6.45) is 2.41. The van der Waals surface area contributed by atoms with Gasteiger partial charge in [-0.25, -0.2) is 9.37 Å². The van der Waals surface area contributed by atoms with E-state index in [0.29, 0.717) is 18.0 Å². The van der Waals surface area contributed by atoms with E-state index in [2.05, 4.69) is 15.2 Å². The largest absolute Gasteiger partial charge is 0.481 e. The molecule has 26 heavy (non-hydrogen) atoms. The van der Waals surface area contributed by atoms with Gasteiger partial charge in [-0.2, -0.15) is 0 Å². The number of ether oxygens (including phenoxy) is 1. The fourth-order valence-electron chi connectivity index (χ4n) is 3.42. The van der Waals surface area contributed by atoms with E-state index in [9.17, 15) is 9.18 Å². The second-order valence-electron chi connectivity index (χ2n) is 6.45. The van der Waals surface area contributed by atoms with E-state index < -0.39 is 5.82 Å². The van der Waals surface area contributed by atoms with Gasteiger partial charge in [0.25, 0.3) is 5.91 Å². The molecule has 0 spiro atoms. The first-order valence-corrected chi connectivity index (χ1v) is 8.81. The highest BCUT2D eigenvalue weighted by molar-refractivity contribution is 6.30. The van der Waals surface area contributed by atoms with Crippen LogP contribution in [0.3, 0.4) is 0 Å². The summed E-state index contributed by atoms with van der Waals surface area (Å²) in [6, 6.07) is 8.27. The number of nitrogens with one attached hydrogen (secondary N) is 1. The summed E-state index contributed by atoms with van der Waals surface area (Å²) in [5.74, 6) is 0.0480. The highest BCUT2D eigenvalue weighted by Crippen LogP contribution is 2.36. The van der Waals surface area contributed by atoms with Crippen LogP contribution in [0.4, 0.5) is 4.39 Å². The van der Waals surface area contributed by atoms with E-state index in [1.807, 2.05) is 13.1 Å². The van der Waals surface area contributed by atoms with Crippen LogP contribution in [0.15, 0.2) is 36.5 Å². The summed E-state index contributed by atoms with van der Waals surface area (Å²) >= 11 is 5.79. The van der Waals surface area contributed by atoms with Crippen molar-refractivity contribution >= 4 is 17.5 Å². The number of methoxy groups -OCH3 is 1. The summed E-state index contributed by atoms with van der Waals surface area (Å²) in [5, 5.41) is 3.08. The Kier molecular flexibility index (Phi) is 5.74. The maximum absolute atomic E-state index is 13.8. The molecule has 1 amide bonds. The van der Waals surface area contributed by atoms with E-state index in [1.54, 1.807) is 18.2 Å². The van der Waals surface area contributed by atoms with Crippen molar-refractivity contribution in [3.05, 3.63) is 58.5 Å². The smallest absolute Gasteiger partial charge is 0.252 e. The first-order chi connectivity index (χ1) is 12.5. The molecule has 1 aliphatic rings. The average Bonchev–Trinajstić information content (AvgIpc) is 3.02. The minimum atomic E-state index is -0.420. The topological polar surface area (TPSA) is 54.5 Å². The second-order valence-corrected chi connectivity index (χ2v) is 6.85. The quantitative estimate of drug-likeness (QED) is 0.868. The first-order valence-electron chi connectivity index (χ1n) is 8.43. The molecular formula is C19H21ClFN3O2. The number of halogens is 2. The summed E-state index contributed by atoms with van der Waals surface area (Å²) in [4.78, 5) is 18.6. The molecule has 0 aliphatic carbocycles. The van der Waals surface area contributed by atoms with Gasteiger partial charge in [-0.3, -0.25) is 9.69 Å². The van der Waals surface area contributed by atoms with Crippen LogP contribution in [0, 0.1) is 11.7 Å². The number of nitrogens with zero attached hydrogens (tertiary/aromatic N) is 2. The first kappa shape index (κ1) is 18.6. The highest BCUT2D eigenvalue weighted by atomic mass is 35.5. The van der Waals surface area contributed by atoms with Gasteiger partial charge in [-0.1, -0.05) is 17.7 Å². The van der Waals surface area contributed by atoms with Crippen molar-refractivity contribution < 1.29 is 13.9 Å². The zero-order valence-corrected chi connectivity index (χ0v) is 15.5. The van der Waals surface area contributed by atoms with E-state index in [1.165, 1.54) is 19.4 Å². The molecular weight excluding hydrogens is 357 g/mol. The van der Waals surface area contributed by atoms with Gasteiger partial charge < -0.3 is 10.1 Å². The van der Waals surface area contributed by atoms with Crippen molar-refractivity contribution in [3.63, 3.8) is 0 Å². The predicted molar refractivity (Wildman–Crippen MR) is 98.0 cm³/mol. The molecule has 1 saturated heterocycles. The van der Waals surface area contributed by atoms with Gasteiger partial charge in [0.15, 0.2) is 0 Å². The lowest BCUT2D eigenvalue weighted by atomic mass is 9.93. The Labute approximate surface area is 157 Å². The number of likely N-dealkylation sites (tertiary alicyclic amines) is 1. The van der Waals surface area contributed by atoms with Crippen LogP contribution in [0.5, 0.6) is 5.88 Å². The molecule has 1 N–H and O–H groups in total. The molecule has 5 nitrogen and oxygen atoms in total. The summed E-state index contributed by atoms with van der Waals surface area (Å²) < 4.78 is 18.8. The Morgan fingerprint density at radius 2 is 2.23 bits per heavy atom. The Balaban J connectivity index is 1.67. The Morgan fingerprint density at radius 1 is 1.42 bits per heavy atom. The number of rotatable bonds is 5. The van der Waals surface area contributed by atoms with E-state index >= 15 is 0 Å². The van der Waals surface area contributed by atoms with E-state index in [4.69, 9.17) is 16.3 Å². The van der Waals surface area contributed by atoms with Crippen LogP contribution in [-0.2, 0) is 0 Å². The van der Waals surface area contributed by atoms with Crippen LogP contribution in [0.1, 0.15) is 28.4 Å². The molecule has 1 aromatic carbocycles. The van der Waals surface area contributed by atoms with Crippen LogP contribution < -0.4 is 10.1 Å². The van der Waals surface area contributed by atoms with Gasteiger partial charge in [-0.05, 0) is 49.7 Å². The summed E-state index contributed by atoms with van der Waals surface area (Å²) in [7, 11) is 3.53. The highest BCUT2D eigenvalue weighted by Gasteiger charge is 2.33. The van der Waals surface area contributed by atoms with Crippen LogP contribution in [0.25, 0.3) is 0 Å². The third-order valence-corrected chi connectivity index (χ3v) is 5.10. The monoisotopic (exact) mass is 377 g/mol. The molecule has 1 aromatic heterocycles. The van der Waals surface area contributed by atoms with Gasteiger partial charge in [0.1, 0.15) is 5.82 Å². The van der Waals surface area contributed by atoms with E-state index in [-0.39, 0.29) is 22.9 Å². The third kappa shape index (κ3) is 3.97. The van der Waals surface area contributed by atoms with Crippen molar-refractivity contribution in [2.45, 2.75) is 12.5 Å². The zero-order chi connectivity index (χ0) is 18.7. The second kappa shape index (κ2) is 8.01. The number of amides is 1. The van der Waals surface area contributed by atoms with Gasteiger partial charge in [0.05, 0.1) is 17.7 Å². The molecule has 138 valence electrons. The number of hydrogen-bond donors (Lipinski definition) is 1. The molecule has 0 radical (unpaired) electrons. The minimum Gasteiger partial charge on any atom is -0.481 e. The van der Waals surface area contributed by atoms with Gasteiger partial charge in [-0.15, -0.1) is 0 Å². The summed E-state index contributed by atoms with van der Waals surface area (Å²) in [6.45, 7) is 1.39. The van der Waals surface area contributed by atoms with E-state index in [0.717, 1.165) is 18.5 Å². The molecule has 7 heteroatoms. The molecule has 0 unspecified atom stereocenters. The van der Waals surface area contributed by atoms with Gasteiger partial charge in [0.2, 0.25) is 5.88 Å². The standard InChI is InChI=1S/C19H21ClFN3O2/c1-24-8-7-13(18(24)12-3-5-15(20)16(21)9-12)10-23-19(25)14-4-6-17(26-2)22-11-14/h3-6,9,11,13,18H,7-8,10H2,1-2H3,(H,23,25)/t13-,18-/m0/s1. The lowest BCUT2D eigenvalue weighted by Crippen LogP contribution is -2.32. The molecule has 2 aromatic rings. The van der Waals surface area contributed by atoms with Crippen LogP contribution in [0.2, 0.25) is 5.02 Å². The lowest BCUT2D eigenvalue weighted by Gasteiger charge is -2.26. The van der Waals surface area contributed by atoms with Gasteiger partial charge >= 0.3 is 0 Å². The zero-order valence-electron chi connectivity index (χ0n) is 14.7. The fraction of sp³-hybridized carbons (Fsp3) is 0.368. The SMILES string of the molecule is COc1ccc(C(=O)NC[C@@H]2CCN(C)[C@H]2c2ccc(Cl)c(F)c2)cn1. The molecule has 3 rings (SSSR count). The number of aromatic nitrogens is 1. The molecule has 1 fully saturated rings. The van der Waals surface area contributed by atoms with Crippen molar-refractivity contribution in [3.8, 4) is 5.88 Å². The normalized spacial score (nSPS) is 20.2. The number of carbonyl (C=O) groups is 1. The van der Waals surface area contributed by atoms with Crippen molar-refractivity contribution in [1.29, 1.82) is 0 Å². The predicted octanol–water partition coefficient (Wildman–Crippen LogP) is 3.31. The number of hydrogen-bond acceptors (Lipinski definition) is 4. The molecule has 2 heterocycles. The Hall–Kier alpha value is -2.18. The Bertz CT molecular complexity index is 785. The minimum absolute atomic E-state index is 0.0380. The van der Waals surface area contributed by atoms with Crippen LogP contribution >= 0.6 is 11.6 Å². The number of benzene rings is 1. The summed E-state index contributed by atoms with van der Waals surface area (Å²) in [5.41, 5.74) is 1.35. The average molecular weight is 378 g/mol. The van der Waals surface area contributed by atoms with Crippen molar-refractivity contribution in [2.75, 3.05) is 27.2 Å². The number of carbonyl (C=O) groups excluding carboxylic acids is 1. The molecule has 0 saturated carbocycles. The number of pyridine rings is 1. The third-order valence-electron chi connectivity index (χ3n) is 4.79. The fourth-order valence-corrected chi connectivity index (χ4v) is 3.54. The van der Waals surface area contributed by atoms with Crippen molar-refractivity contribution in [1.82, 2.24) is 15.2 Å². The molecule has 2 atom stereocenters. The van der Waals surface area contributed by atoms with Crippen LogP contribution in [-0.4, -0.2) is 43.0 Å². The molecule has 0 bridgehead atoms. The van der Waals surface area contributed by atoms with Gasteiger partial charge in [0, 0.05) is 24.8 Å². The van der Waals surface area contributed by atoms with Crippen molar-refractivity contribution in [2.24, 2.45) is 5.92 Å². The Morgan fingerprint density at radius 3 is 2.88 bits per heavy atom.